The van der Waals surface area contributed by atoms with Gasteiger partial charge in [-0.05, 0) is 37.6 Å². The average Bonchev–Trinajstić information content (AvgIpc) is 2.78. The van der Waals surface area contributed by atoms with Gasteiger partial charge in [-0.15, -0.1) is 0 Å². The number of hydrogen-bond acceptors (Lipinski definition) is 4. The molecule has 4 nitrogen and oxygen atoms in total. The van der Waals surface area contributed by atoms with Gasteiger partial charge in [-0.3, -0.25) is 0 Å². The smallest absolute Gasteiger partial charge is 0.209 e. The first-order valence-corrected chi connectivity index (χ1v) is 5.67. The first kappa shape index (κ1) is 12.2. The molecule has 92 valence electrons. The van der Waals surface area contributed by atoms with Crippen LogP contribution in [-0.4, -0.2) is 29.9 Å². The second-order valence-electron chi connectivity index (χ2n) is 4.24. The molecular formula is C13H17NO3. The average molecular weight is 235 g/mol. The van der Waals surface area contributed by atoms with E-state index in [4.69, 9.17) is 14.6 Å². The first-order valence-electron chi connectivity index (χ1n) is 5.67. The van der Waals surface area contributed by atoms with Crippen LogP contribution in [0.1, 0.15) is 25.2 Å². The van der Waals surface area contributed by atoms with Gasteiger partial charge in [0.25, 0.3) is 0 Å². The van der Waals surface area contributed by atoms with E-state index in [9.17, 15) is 0 Å². The van der Waals surface area contributed by atoms with Crippen molar-refractivity contribution in [1.29, 1.82) is 0 Å². The predicted molar refractivity (Wildman–Crippen MR) is 64.2 cm³/mol. The Morgan fingerprint density at radius 2 is 2.18 bits per heavy atom. The third-order valence-corrected chi connectivity index (χ3v) is 2.72. The normalized spacial score (nSPS) is 19.6. The summed E-state index contributed by atoms with van der Waals surface area (Å²) in [5.74, 6) is -0.739. The van der Waals surface area contributed by atoms with Gasteiger partial charge in [0.05, 0.1) is 31.2 Å². The topological polar surface area (TPSA) is 51.6 Å². The lowest BCUT2D eigenvalue weighted by molar-refractivity contribution is -0.152. The maximum absolute atomic E-state index is 8.98. The summed E-state index contributed by atoms with van der Waals surface area (Å²) in [4.78, 5) is 4.48. The van der Waals surface area contributed by atoms with Crippen molar-refractivity contribution >= 4 is 6.08 Å². The lowest BCUT2D eigenvalue weighted by Gasteiger charge is -2.21. The number of ether oxygens (including phenoxy) is 2. The number of nitrogens with zero attached hydrogens (tertiary/aromatic N) is 1. The number of rotatable bonds is 3. The predicted octanol–water partition coefficient (Wildman–Crippen LogP) is 1.70. The molecule has 0 aliphatic carbocycles. The Morgan fingerprint density at radius 3 is 2.82 bits per heavy atom. The molecule has 1 aliphatic rings. The summed E-state index contributed by atoms with van der Waals surface area (Å²) in [5, 5.41) is 8.98. The Balaban J connectivity index is 2.28. The molecule has 4 heteroatoms. The summed E-state index contributed by atoms with van der Waals surface area (Å²) in [5.41, 5.74) is 2.43. The lowest BCUT2D eigenvalue weighted by atomic mass is 10.1. The van der Waals surface area contributed by atoms with Gasteiger partial charge in [-0.2, -0.15) is 0 Å². The van der Waals surface area contributed by atoms with Crippen molar-refractivity contribution in [2.75, 3.05) is 19.8 Å². The van der Waals surface area contributed by atoms with Crippen LogP contribution < -0.4 is 0 Å². The quantitative estimate of drug-likeness (QED) is 0.866. The van der Waals surface area contributed by atoms with Crippen LogP contribution in [0.2, 0.25) is 0 Å². The Bertz CT molecular complexity index is 422. The summed E-state index contributed by atoms with van der Waals surface area (Å²) in [7, 11) is 0. The number of pyridine rings is 1. The van der Waals surface area contributed by atoms with Crippen molar-refractivity contribution in [3.63, 3.8) is 0 Å². The Kier molecular flexibility index (Phi) is 3.57. The number of aliphatic hydroxyl groups is 1. The fraction of sp³-hybridized carbons (Fsp3) is 0.462. The lowest BCUT2D eigenvalue weighted by Crippen LogP contribution is -2.24. The fourth-order valence-corrected chi connectivity index (χ4v) is 1.75. The van der Waals surface area contributed by atoms with Crippen LogP contribution in [0.4, 0.5) is 0 Å². The molecule has 0 aromatic carbocycles. The second-order valence-corrected chi connectivity index (χ2v) is 4.24. The number of aromatic nitrogens is 1. The SMILES string of the molecule is C/C(=C\c1cccc(C2(C)OCCO2)n1)CO. The fourth-order valence-electron chi connectivity index (χ4n) is 1.75. The van der Waals surface area contributed by atoms with Crippen molar-refractivity contribution in [2.45, 2.75) is 19.6 Å². The van der Waals surface area contributed by atoms with Crippen LogP contribution in [-0.2, 0) is 15.3 Å². The molecule has 0 amide bonds. The molecule has 17 heavy (non-hydrogen) atoms. The van der Waals surface area contributed by atoms with Gasteiger partial charge in [-0.1, -0.05) is 6.07 Å². The molecule has 0 radical (unpaired) electrons. The maximum Gasteiger partial charge on any atom is 0.209 e. The summed E-state index contributed by atoms with van der Waals surface area (Å²) in [6, 6.07) is 5.69. The van der Waals surface area contributed by atoms with Gasteiger partial charge in [0, 0.05) is 0 Å². The largest absolute Gasteiger partial charge is 0.392 e. The molecule has 1 aromatic heterocycles. The minimum atomic E-state index is -0.739. The molecule has 0 bridgehead atoms. The highest BCUT2D eigenvalue weighted by atomic mass is 16.7. The van der Waals surface area contributed by atoms with E-state index < -0.39 is 5.79 Å². The van der Waals surface area contributed by atoms with Crippen molar-refractivity contribution in [1.82, 2.24) is 4.98 Å². The number of aliphatic hydroxyl groups excluding tert-OH is 1. The highest BCUT2D eigenvalue weighted by Gasteiger charge is 2.34. The molecular weight excluding hydrogens is 218 g/mol. The van der Waals surface area contributed by atoms with E-state index in [0.717, 1.165) is 17.0 Å². The molecule has 2 heterocycles. The Hall–Kier alpha value is -1.23. The monoisotopic (exact) mass is 235 g/mol. The van der Waals surface area contributed by atoms with Gasteiger partial charge >= 0.3 is 0 Å². The molecule has 1 N–H and O–H groups in total. The zero-order chi connectivity index (χ0) is 12.3. The van der Waals surface area contributed by atoms with Crippen LogP contribution in [0.25, 0.3) is 6.08 Å². The van der Waals surface area contributed by atoms with Crippen molar-refractivity contribution in [2.24, 2.45) is 0 Å². The van der Waals surface area contributed by atoms with Crippen LogP contribution in [0.15, 0.2) is 23.8 Å². The second kappa shape index (κ2) is 4.96. The Labute approximate surface area is 101 Å². The zero-order valence-electron chi connectivity index (χ0n) is 10.1. The Morgan fingerprint density at radius 1 is 1.47 bits per heavy atom. The van der Waals surface area contributed by atoms with Gasteiger partial charge in [0.15, 0.2) is 0 Å². The summed E-state index contributed by atoms with van der Waals surface area (Å²) >= 11 is 0. The molecule has 2 rings (SSSR count). The standard InChI is InChI=1S/C13H17NO3/c1-10(9-15)8-11-4-3-5-12(14-11)13(2)16-6-7-17-13/h3-5,8,15H,6-7,9H2,1-2H3/b10-8+. The summed E-state index contributed by atoms with van der Waals surface area (Å²) in [6.07, 6.45) is 1.85. The maximum atomic E-state index is 8.98. The summed E-state index contributed by atoms with van der Waals surface area (Å²) < 4.78 is 11.1. The van der Waals surface area contributed by atoms with E-state index >= 15 is 0 Å². The van der Waals surface area contributed by atoms with E-state index in [0.29, 0.717) is 13.2 Å². The van der Waals surface area contributed by atoms with Crippen LogP contribution in [0.5, 0.6) is 0 Å². The van der Waals surface area contributed by atoms with Crippen molar-refractivity contribution < 1.29 is 14.6 Å². The molecule has 0 saturated carbocycles. The van der Waals surface area contributed by atoms with E-state index in [-0.39, 0.29) is 6.61 Å². The zero-order valence-corrected chi connectivity index (χ0v) is 10.1. The van der Waals surface area contributed by atoms with Gasteiger partial charge in [0.2, 0.25) is 5.79 Å². The third kappa shape index (κ3) is 2.72. The summed E-state index contributed by atoms with van der Waals surface area (Å²) in [6.45, 7) is 4.95. The van der Waals surface area contributed by atoms with Crippen LogP contribution in [0.3, 0.4) is 0 Å². The highest BCUT2D eigenvalue weighted by molar-refractivity contribution is 5.48. The van der Waals surface area contributed by atoms with Gasteiger partial charge in [0.1, 0.15) is 0 Å². The molecule has 0 atom stereocenters. The highest BCUT2D eigenvalue weighted by Crippen LogP contribution is 2.29. The van der Waals surface area contributed by atoms with Crippen LogP contribution in [0, 0.1) is 0 Å². The van der Waals surface area contributed by atoms with Crippen molar-refractivity contribution in [3.05, 3.63) is 35.2 Å². The van der Waals surface area contributed by atoms with Crippen molar-refractivity contribution in [3.8, 4) is 0 Å². The minimum absolute atomic E-state index is 0.0379. The van der Waals surface area contributed by atoms with E-state index in [1.54, 1.807) is 0 Å². The molecule has 1 aliphatic heterocycles. The van der Waals surface area contributed by atoms with E-state index in [1.807, 2.05) is 38.1 Å². The van der Waals surface area contributed by atoms with Gasteiger partial charge in [-0.25, -0.2) is 4.98 Å². The van der Waals surface area contributed by atoms with E-state index in [2.05, 4.69) is 4.98 Å². The third-order valence-electron chi connectivity index (χ3n) is 2.72. The minimum Gasteiger partial charge on any atom is -0.392 e. The number of hydrogen-bond donors (Lipinski definition) is 1. The van der Waals surface area contributed by atoms with Crippen LogP contribution >= 0.6 is 0 Å². The van der Waals surface area contributed by atoms with Gasteiger partial charge < -0.3 is 14.6 Å². The molecule has 1 aromatic rings. The molecule has 0 spiro atoms. The molecule has 0 unspecified atom stereocenters. The molecule has 1 saturated heterocycles. The first-order chi connectivity index (χ1) is 8.14. The molecule has 1 fully saturated rings. The van der Waals surface area contributed by atoms with E-state index in [1.165, 1.54) is 0 Å².